The van der Waals surface area contributed by atoms with Gasteiger partial charge in [0.15, 0.2) is 0 Å². The van der Waals surface area contributed by atoms with Gasteiger partial charge >= 0.3 is 0 Å². The normalized spacial score (nSPS) is 12.7. The molecule has 0 atom stereocenters. The highest BCUT2D eigenvalue weighted by Crippen LogP contribution is 2.37. The van der Waals surface area contributed by atoms with Gasteiger partial charge in [-0.15, -0.1) is 11.8 Å². The third-order valence-electron chi connectivity index (χ3n) is 4.50. The number of phenols is 1. The van der Waals surface area contributed by atoms with Crippen LogP contribution >= 0.6 is 11.8 Å². The van der Waals surface area contributed by atoms with Gasteiger partial charge in [-0.3, -0.25) is 4.99 Å². The minimum Gasteiger partial charge on any atom is -0.507 e. The fraction of sp³-hybridized carbons (Fsp3) is 0.435. The molecule has 0 unspecified atom stereocenters. The molecule has 0 aliphatic carbocycles. The van der Waals surface area contributed by atoms with E-state index >= 15 is 0 Å². The smallest absolute Gasteiger partial charge is 0.128 e. The van der Waals surface area contributed by atoms with Crippen molar-refractivity contribution in [3.8, 4) is 5.75 Å². The molecule has 2 nitrogen and oxygen atoms in total. The van der Waals surface area contributed by atoms with Gasteiger partial charge in [0.1, 0.15) is 5.75 Å². The van der Waals surface area contributed by atoms with Crippen molar-refractivity contribution in [2.75, 3.05) is 6.26 Å². The van der Waals surface area contributed by atoms with E-state index in [0.717, 1.165) is 11.1 Å². The number of aliphatic imine (C=N–C) groups is 1. The van der Waals surface area contributed by atoms with Crippen LogP contribution in [0.3, 0.4) is 0 Å². The Bertz CT molecular complexity index is 795. The number of benzene rings is 2. The highest BCUT2D eigenvalue weighted by molar-refractivity contribution is 7.98. The third kappa shape index (κ3) is 4.91. The molecule has 3 heteroatoms. The molecule has 0 saturated heterocycles. The van der Waals surface area contributed by atoms with E-state index in [1.807, 2.05) is 18.3 Å². The van der Waals surface area contributed by atoms with Crippen molar-refractivity contribution >= 4 is 18.0 Å². The second kappa shape index (κ2) is 7.87. The average Bonchev–Trinajstić information content (AvgIpc) is 2.54. The predicted octanol–water partition coefficient (Wildman–Crippen LogP) is 6.33. The van der Waals surface area contributed by atoms with Crippen LogP contribution in [0.5, 0.6) is 5.75 Å². The molecule has 1 N–H and O–H groups in total. The highest BCUT2D eigenvalue weighted by atomic mass is 32.2. The maximum absolute atomic E-state index is 10.8. The van der Waals surface area contributed by atoms with Crippen LogP contribution in [0.15, 0.2) is 46.3 Å². The lowest BCUT2D eigenvalue weighted by Crippen LogP contribution is -2.17. The lowest BCUT2D eigenvalue weighted by atomic mass is 9.79. The van der Waals surface area contributed by atoms with Gasteiger partial charge in [-0.05, 0) is 40.3 Å². The van der Waals surface area contributed by atoms with Gasteiger partial charge in [-0.1, -0.05) is 65.8 Å². The summed E-state index contributed by atoms with van der Waals surface area (Å²) in [5.41, 5.74) is 4.08. The number of nitrogens with zero attached hydrogens (tertiary/aromatic N) is 1. The van der Waals surface area contributed by atoms with Crippen LogP contribution in [-0.4, -0.2) is 17.6 Å². The van der Waals surface area contributed by atoms with Gasteiger partial charge in [-0.2, -0.15) is 0 Å². The van der Waals surface area contributed by atoms with E-state index in [1.165, 1.54) is 16.0 Å². The van der Waals surface area contributed by atoms with E-state index in [-0.39, 0.29) is 10.8 Å². The first-order chi connectivity index (χ1) is 12.0. The van der Waals surface area contributed by atoms with Crippen LogP contribution in [0.1, 0.15) is 63.8 Å². The molecule has 140 valence electrons. The maximum atomic E-state index is 10.8. The Morgan fingerprint density at radius 2 is 1.65 bits per heavy atom. The second-order valence-corrected chi connectivity index (χ2v) is 9.59. The third-order valence-corrected chi connectivity index (χ3v) is 5.34. The molecular weight excluding hydrogens is 338 g/mol. The first-order valence-electron chi connectivity index (χ1n) is 9.03. The molecule has 0 aliphatic rings. The van der Waals surface area contributed by atoms with Crippen molar-refractivity contribution in [2.45, 2.75) is 63.8 Å². The minimum absolute atomic E-state index is 0.0156. The van der Waals surface area contributed by atoms with Crippen molar-refractivity contribution in [3.05, 3.63) is 58.7 Å². The van der Waals surface area contributed by atoms with Crippen LogP contribution in [0.4, 0.5) is 0 Å². The fourth-order valence-corrected chi connectivity index (χ4v) is 3.45. The molecule has 2 aromatic carbocycles. The fourth-order valence-electron chi connectivity index (χ4n) is 2.84. The summed E-state index contributed by atoms with van der Waals surface area (Å²) in [6.45, 7) is 13.6. The van der Waals surface area contributed by atoms with E-state index in [1.54, 1.807) is 11.8 Å². The van der Waals surface area contributed by atoms with Crippen LogP contribution in [-0.2, 0) is 17.4 Å². The number of aromatic hydroxyl groups is 1. The predicted molar refractivity (Wildman–Crippen MR) is 115 cm³/mol. The Labute approximate surface area is 162 Å². The van der Waals surface area contributed by atoms with Crippen LogP contribution in [0.2, 0.25) is 0 Å². The summed E-state index contributed by atoms with van der Waals surface area (Å²) in [6.07, 6.45) is 3.90. The summed E-state index contributed by atoms with van der Waals surface area (Å²) in [4.78, 5) is 5.87. The lowest BCUT2D eigenvalue weighted by Gasteiger charge is -2.27. The molecule has 0 spiro atoms. The molecule has 0 fully saturated rings. The monoisotopic (exact) mass is 369 g/mol. The first kappa shape index (κ1) is 20.6. The van der Waals surface area contributed by atoms with Crippen LogP contribution < -0.4 is 0 Å². The standard InChI is InChI=1S/C23H31NOS/c1-22(2,3)18-12-17(21(25)19(13-18)23(4,5)6)15-24-14-16-10-8-9-11-20(16)26-7/h8-13,15,25H,14H2,1-7H3/b24-15+. The van der Waals surface area contributed by atoms with Crippen molar-refractivity contribution in [1.82, 2.24) is 0 Å². The molecule has 0 bridgehead atoms. The Morgan fingerprint density at radius 3 is 2.23 bits per heavy atom. The summed E-state index contributed by atoms with van der Waals surface area (Å²) in [6, 6.07) is 12.5. The van der Waals surface area contributed by atoms with Crippen molar-refractivity contribution in [2.24, 2.45) is 4.99 Å². The van der Waals surface area contributed by atoms with Crippen molar-refractivity contribution < 1.29 is 5.11 Å². The van der Waals surface area contributed by atoms with Crippen LogP contribution in [0.25, 0.3) is 0 Å². The first-order valence-corrected chi connectivity index (χ1v) is 10.3. The van der Waals surface area contributed by atoms with Crippen molar-refractivity contribution in [3.63, 3.8) is 0 Å². The van der Waals surface area contributed by atoms with Gasteiger partial charge in [-0.25, -0.2) is 0 Å². The maximum Gasteiger partial charge on any atom is 0.128 e. The molecule has 0 aliphatic heterocycles. The SMILES string of the molecule is CSc1ccccc1C/N=C/c1cc(C(C)(C)C)cc(C(C)(C)C)c1O. The molecule has 2 rings (SSSR count). The summed E-state index contributed by atoms with van der Waals surface area (Å²) >= 11 is 1.73. The van der Waals surface area contributed by atoms with Gasteiger partial charge in [0, 0.05) is 22.2 Å². The quantitative estimate of drug-likeness (QED) is 0.504. The molecule has 0 radical (unpaired) electrons. The zero-order valence-corrected chi connectivity index (χ0v) is 17.9. The largest absolute Gasteiger partial charge is 0.507 e. The van der Waals surface area contributed by atoms with E-state index in [0.29, 0.717) is 12.3 Å². The summed E-state index contributed by atoms with van der Waals surface area (Å²) in [5.74, 6) is 0.340. The second-order valence-electron chi connectivity index (χ2n) is 8.74. The molecular formula is C23H31NOS. The molecule has 26 heavy (non-hydrogen) atoms. The van der Waals surface area contributed by atoms with Gasteiger partial charge in [0.2, 0.25) is 0 Å². The Morgan fingerprint density at radius 1 is 1.00 bits per heavy atom. The number of phenolic OH excluding ortho intramolecular Hbond substituents is 1. The summed E-state index contributed by atoms with van der Waals surface area (Å²) in [5, 5.41) is 10.8. The van der Waals surface area contributed by atoms with E-state index in [9.17, 15) is 5.11 Å². The topological polar surface area (TPSA) is 32.6 Å². The number of hydrogen-bond donors (Lipinski definition) is 1. The molecule has 0 amide bonds. The minimum atomic E-state index is -0.126. The number of rotatable bonds is 4. The van der Waals surface area contributed by atoms with Crippen LogP contribution in [0, 0.1) is 0 Å². The van der Waals surface area contributed by atoms with Gasteiger partial charge in [0.25, 0.3) is 0 Å². The Balaban J connectivity index is 2.42. The van der Waals surface area contributed by atoms with E-state index in [4.69, 9.17) is 0 Å². The lowest BCUT2D eigenvalue weighted by molar-refractivity contribution is 0.444. The van der Waals surface area contributed by atoms with Gasteiger partial charge < -0.3 is 5.11 Å². The van der Waals surface area contributed by atoms with E-state index < -0.39 is 0 Å². The molecule has 0 heterocycles. The molecule has 0 aromatic heterocycles. The zero-order valence-electron chi connectivity index (χ0n) is 17.1. The van der Waals surface area contributed by atoms with Crippen molar-refractivity contribution in [1.29, 1.82) is 0 Å². The Kier molecular flexibility index (Phi) is 6.23. The number of thioether (sulfide) groups is 1. The Hall–Kier alpha value is -1.74. The highest BCUT2D eigenvalue weighted by Gasteiger charge is 2.24. The average molecular weight is 370 g/mol. The molecule has 2 aromatic rings. The van der Waals surface area contributed by atoms with E-state index in [2.05, 4.69) is 77.1 Å². The summed E-state index contributed by atoms with van der Waals surface area (Å²) in [7, 11) is 0. The zero-order chi connectivity index (χ0) is 19.5. The number of hydrogen-bond acceptors (Lipinski definition) is 3. The summed E-state index contributed by atoms with van der Waals surface area (Å²) < 4.78 is 0. The molecule has 0 saturated carbocycles. The van der Waals surface area contributed by atoms with Gasteiger partial charge in [0.05, 0.1) is 6.54 Å².